The van der Waals surface area contributed by atoms with Crippen LogP contribution in [0.5, 0.6) is 0 Å². The number of rotatable bonds is 4. The van der Waals surface area contributed by atoms with Gasteiger partial charge in [0.05, 0.1) is 0 Å². The molecule has 0 saturated heterocycles. The van der Waals surface area contributed by atoms with Gasteiger partial charge >= 0.3 is 0 Å². The molecule has 1 N–H and O–H groups in total. The number of thioether (sulfide) groups is 1. The Morgan fingerprint density at radius 3 is 2.53 bits per heavy atom. The molecule has 1 rings (SSSR count). The van der Waals surface area contributed by atoms with Crippen LogP contribution in [0.3, 0.4) is 0 Å². The summed E-state index contributed by atoms with van der Waals surface area (Å²) in [6.07, 6.45) is 0. The minimum absolute atomic E-state index is 0.186. The summed E-state index contributed by atoms with van der Waals surface area (Å²) < 4.78 is 1.07. The third-order valence-electron chi connectivity index (χ3n) is 1.73. The van der Waals surface area contributed by atoms with E-state index in [1.807, 2.05) is 6.92 Å². The van der Waals surface area contributed by atoms with E-state index in [1.54, 1.807) is 23.1 Å². The molecule has 0 aliphatic heterocycles. The van der Waals surface area contributed by atoms with Gasteiger partial charge in [-0.3, -0.25) is 0 Å². The van der Waals surface area contributed by atoms with Crippen molar-refractivity contribution in [1.82, 2.24) is 15.5 Å². The highest BCUT2D eigenvalue weighted by molar-refractivity contribution is 8.01. The maximum absolute atomic E-state index is 4.10. The van der Waals surface area contributed by atoms with Gasteiger partial charge < -0.3 is 5.32 Å². The molecule has 0 spiro atoms. The maximum atomic E-state index is 4.10. The van der Waals surface area contributed by atoms with Crippen molar-refractivity contribution in [3.63, 3.8) is 0 Å². The molecule has 0 bridgehead atoms. The number of hydrogen-bond donors (Lipinski definition) is 1. The lowest BCUT2D eigenvalue weighted by Gasteiger charge is -2.22. The molecule has 0 aromatic carbocycles. The normalized spacial score (nSPS) is 14.2. The number of aromatic nitrogens is 2. The van der Waals surface area contributed by atoms with Gasteiger partial charge in [-0.15, -0.1) is 10.2 Å². The molecule has 15 heavy (non-hydrogen) atoms. The van der Waals surface area contributed by atoms with Gasteiger partial charge in [-0.05, 0) is 27.7 Å². The number of aryl methyl sites for hydroxylation is 1. The average molecular weight is 245 g/mol. The first-order valence-corrected chi connectivity index (χ1v) is 6.78. The molecule has 5 heteroatoms. The molecule has 0 fully saturated rings. The van der Waals surface area contributed by atoms with Crippen LogP contribution >= 0.6 is 23.1 Å². The highest BCUT2D eigenvalue weighted by Gasteiger charge is 2.13. The summed E-state index contributed by atoms with van der Waals surface area (Å²) in [5.74, 6) is 0. The summed E-state index contributed by atoms with van der Waals surface area (Å²) in [7, 11) is 0. The van der Waals surface area contributed by atoms with E-state index in [-0.39, 0.29) is 5.54 Å². The van der Waals surface area contributed by atoms with E-state index in [9.17, 15) is 0 Å². The first-order chi connectivity index (χ1) is 6.87. The molecule has 0 radical (unpaired) electrons. The van der Waals surface area contributed by atoms with Gasteiger partial charge in [0.1, 0.15) is 5.01 Å². The summed E-state index contributed by atoms with van der Waals surface area (Å²) in [6.45, 7) is 11.7. The van der Waals surface area contributed by atoms with Crippen molar-refractivity contribution in [2.75, 3.05) is 6.54 Å². The van der Waals surface area contributed by atoms with Crippen LogP contribution in [0.4, 0.5) is 0 Å². The Morgan fingerprint density at radius 2 is 2.07 bits per heavy atom. The largest absolute Gasteiger partial charge is 0.311 e. The van der Waals surface area contributed by atoms with Gasteiger partial charge in [0.2, 0.25) is 0 Å². The first-order valence-electron chi connectivity index (χ1n) is 5.08. The van der Waals surface area contributed by atoms with Crippen molar-refractivity contribution >= 4 is 23.1 Å². The van der Waals surface area contributed by atoms with Crippen molar-refractivity contribution in [2.45, 2.75) is 49.7 Å². The second-order valence-corrected chi connectivity index (χ2v) is 7.51. The van der Waals surface area contributed by atoms with Gasteiger partial charge in [-0.1, -0.05) is 30.0 Å². The molecular weight excluding hydrogens is 226 g/mol. The summed E-state index contributed by atoms with van der Waals surface area (Å²) in [5.41, 5.74) is 0.186. The topological polar surface area (TPSA) is 37.8 Å². The minimum atomic E-state index is 0.186. The van der Waals surface area contributed by atoms with Gasteiger partial charge in [-0.2, -0.15) is 0 Å². The summed E-state index contributed by atoms with van der Waals surface area (Å²) in [4.78, 5) is 0. The fraction of sp³-hybridized carbons (Fsp3) is 0.800. The van der Waals surface area contributed by atoms with E-state index in [1.165, 1.54) is 0 Å². The third-order valence-corrected chi connectivity index (χ3v) is 3.75. The summed E-state index contributed by atoms with van der Waals surface area (Å²) in [6, 6.07) is 0. The van der Waals surface area contributed by atoms with Crippen molar-refractivity contribution in [2.24, 2.45) is 0 Å². The van der Waals surface area contributed by atoms with Crippen LogP contribution in [-0.4, -0.2) is 27.5 Å². The smallest absolute Gasteiger partial charge is 0.174 e. The summed E-state index contributed by atoms with van der Waals surface area (Å²) >= 11 is 3.45. The van der Waals surface area contributed by atoms with Crippen molar-refractivity contribution in [3.8, 4) is 0 Å². The fourth-order valence-corrected chi connectivity index (χ4v) is 3.05. The van der Waals surface area contributed by atoms with E-state index in [2.05, 4.69) is 43.2 Å². The van der Waals surface area contributed by atoms with Crippen LogP contribution in [0.1, 0.15) is 32.7 Å². The monoisotopic (exact) mass is 245 g/mol. The molecule has 0 saturated carbocycles. The van der Waals surface area contributed by atoms with Crippen molar-refractivity contribution in [3.05, 3.63) is 5.01 Å². The average Bonchev–Trinajstić information content (AvgIpc) is 2.47. The Hall–Kier alpha value is -0.130. The maximum Gasteiger partial charge on any atom is 0.174 e. The Morgan fingerprint density at radius 1 is 1.40 bits per heavy atom. The Labute approximate surface area is 100 Å². The molecule has 0 amide bonds. The SMILES string of the molecule is Cc1nnc(SC(C)CNC(C)(C)C)s1. The first kappa shape index (κ1) is 12.9. The Bertz CT molecular complexity index is 304. The van der Waals surface area contributed by atoms with Crippen LogP contribution in [-0.2, 0) is 0 Å². The van der Waals surface area contributed by atoms with E-state index in [0.29, 0.717) is 5.25 Å². The van der Waals surface area contributed by atoms with E-state index >= 15 is 0 Å². The van der Waals surface area contributed by atoms with Crippen LogP contribution in [0, 0.1) is 6.92 Å². The van der Waals surface area contributed by atoms with Gasteiger partial charge in [0, 0.05) is 17.3 Å². The highest BCUT2D eigenvalue weighted by atomic mass is 32.2. The van der Waals surface area contributed by atoms with Crippen LogP contribution in [0.15, 0.2) is 4.34 Å². The molecule has 0 aliphatic carbocycles. The molecule has 1 aromatic heterocycles. The standard InChI is InChI=1S/C10H19N3S2/c1-7(6-11-10(3,4)5)14-9-13-12-8(2)15-9/h7,11H,6H2,1-5H3. The quantitative estimate of drug-likeness (QED) is 0.828. The number of nitrogens with one attached hydrogen (secondary N) is 1. The molecule has 3 nitrogen and oxygen atoms in total. The lowest BCUT2D eigenvalue weighted by molar-refractivity contribution is 0.429. The van der Waals surface area contributed by atoms with Crippen molar-refractivity contribution < 1.29 is 0 Å². The zero-order valence-corrected chi connectivity index (χ0v) is 11.6. The van der Waals surface area contributed by atoms with Crippen molar-refractivity contribution in [1.29, 1.82) is 0 Å². The van der Waals surface area contributed by atoms with Crippen LogP contribution in [0.25, 0.3) is 0 Å². The zero-order chi connectivity index (χ0) is 11.5. The summed E-state index contributed by atoms with van der Waals surface area (Å²) in [5, 5.41) is 13.2. The predicted molar refractivity (Wildman–Crippen MR) is 67.7 cm³/mol. The molecular formula is C10H19N3S2. The molecule has 1 aromatic rings. The van der Waals surface area contributed by atoms with E-state index in [4.69, 9.17) is 0 Å². The lowest BCUT2D eigenvalue weighted by atomic mass is 10.1. The Kier molecular flexibility index (Phi) is 4.55. The van der Waals surface area contributed by atoms with E-state index < -0.39 is 0 Å². The second kappa shape index (κ2) is 5.27. The molecule has 1 unspecified atom stereocenters. The van der Waals surface area contributed by atoms with Gasteiger partial charge in [-0.25, -0.2) is 0 Å². The molecule has 1 atom stereocenters. The molecule has 1 heterocycles. The molecule has 86 valence electrons. The molecule has 0 aliphatic rings. The predicted octanol–water partition coefficient (Wildman–Crippen LogP) is 2.72. The fourth-order valence-electron chi connectivity index (χ4n) is 0.990. The van der Waals surface area contributed by atoms with Gasteiger partial charge in [0.25, 0.3) is 0 Å². The second-order valence-electron chi connectivity index (χ2n) is 4.65. The zero-order valence-electron chi connectivity index (χ0n) is 10.00. The lowest BCUT2D eigenvalue weighted by Crippen LogP contribution is -2.39. The number of hydrogen-bond acceptors (Lipinski definition) is 5. The minimum Gasteiger partial charge on any atom is -0.311 e. The number of nitrogens with zero attached hydrogens (tertiary/aromatic N) is 2. The van der Waals surface area contributed by atoms with E-state index in [0.717, 1.165) is 15.9 Å². The Balaban J connectivity index is 2.33. The highest BCUT2D eigenvalue weighted by Crippen LogP contribution is 2.25. The van der Waals surface area contributed by atoms with Gasteiger partial charge in [0.15, 0.2) is 4.34 Å². The van der Waals surface area contributed by atoms with Crippen LogP contribution < -0.4 is 5.32 Å². The third kappa shape index (κ3) is 5.49. The van der Waals surface area contributed by atoms with Crippen LogP contribution in [0.2, 0.25) is 0 Å².